The van der Waals surface area contributed by atoms with Crippen LogP contribution in [0.4, 0.5) is 5.69 Å². The van der Waals surface area contributed by atoms with Gasteiger partial charge in [0.25, 0.3) is 0 Å². The number of carbonyl (C=O) groups is 1. The van der Waals surface area contributed by atoms with Crippen molar-refractivity contribution in [2.45, 2.75) is 18.7 Å². The number of anilines is 1. The summed E-state index contributed by atoms with van der Waals surface area (Å²) < 4.78 is 1.60. The Bertz CT molecular complexity index is 566. The lowest BCUT2D eigenvalue weighted by atomic mass is 10.2. The standard InChI is InChI=1S/C11H12BrN5O/c1-7(12)11(18)13-9-4-3-5-10(6-9)17-8(2)14-15-16-17/h3-7H,1-2H3,(H,13,18). The maximum atomic E-state index is 11.6. The number of alkyl halides is 1. The first-order chi connectivity index (χ1) is 8.58. The van der Waals surface area contributed by atoms with Gasteiger partial charge in [-0.15, -0.1) is 5.10 Å². The summed E-state index contributed by atoms with van der Waals surface area (Å²) in [6.07, 6.45) is 0. The fourth-order valence-corrected chi connectivity index (χ4v) is 1.54. The van der Waals surface area contributed by atoms with E-state index in [9.17, 15) is 4.79 Å². The van der Waals surface area contributed by atoms with Crippen molar-refractivity contribution < 1.29 is 4.79 Å². The number of benzene rings is 1. The Morgan fingerprint density at radius 3 is 2.89 bits per heavy atom. The van der Waals surface area contributed by atoms with Gasteiger partial charge in [-0.05, 0) is 42.5 Å². The highest BCUT2D eigenvalue weighted by Gasteiger charge is 2.10. The monoisotopic (exact) mass is 309 g/mol. The van der Waals surface area contributed by atoms with Gasteiger partial charge in [-0.2, -0.15) is 4.68 Å². The van der Waals surface area contributed by atoms with Crippen molar-refractivity contribution >= 4 is 27.5 Å². The molecule has 1 aromatic carbocycles. The van der Waals surface area contributed by atoms with Crippen molar-refractivity contribution in [3.05, 3.63) is 30.1 Å². The lowest BCUT2D eigenvalue weighted by molar-refractivity contribution is -0.115. The number of amides is 1. The summed E-state index contributed by atoms with van der Waals surface area (Å²) >= 11 is 3.22. The Morgan fingerprint density at radius 2 is 2.28 bits per heavy atom. The highest BCUT2D eigenvalue weighted by molar-refractivity contribution is 9.10. The molecule has 1 heterocycles. The van der Waals surface area contributed by atoms with E-state index < -0.39 is 0 Å². The van der Waals surface area contributed by atoms with E-state index in [1.54, 1.807) is 11.6 Å². The number of aryl methyl sites for hydroxylation is 1. The maximum absolute atomic E-state index is 11.6. The maximum Gasteiger partial charge on any atom is 0.237 e. The number of hydrogen-bond acceptors (Lipinski definition) is 4. The van der Waals surface area contributed by atoms with Crippen LogP contribution >= 0.6 is 15.9 Å². The number of halogens is 1. The largest absolute Gasteiger partial charge is 0.325 e. The minimum Gasteiger partial charge on any atom is -0.325 e. The molecule has 18 heavy (non-hydrogen) atoms. The molecule has 94 valence electrons. The second kappa shape index (κ2) is 5.26. The lowest BCUT2D eigenvalue weighted by Crippen LogP contribution is -2.19. The number of nitrogens with one attached hydrogen (secondary N) is 1. The van der Waals surface area contributed by atoms with Gasteiger partial charge in [-0.3, -0.25) is 4.79 Å². The average molecular weight is 310 g/mol. The summed E-state index contributed by atoms with van der Waals surface area (Å²) in [6.45, 7) is 3.58. The Kier molecular flexibility index (Phi) is 3.71. The zero-order valence-corrected chi connectivity index (χ0v) is 11.5. The van der Waals surface area contributed by atoms with Crippen molar-refractivity contribution in [3.8, 4) is 5.69 Å². The molecule has 1 unspecified atom stereocenters. The molecule has 0 saturated heterocycles. The number of nitrogens with zero attached hydrogens (tertiary/aromatic N) is 4. The van der Waals surface area contributed by atoms with E-state index in [1.807, 2.05) is 31.2 Å². The Balaban J connectivity index is 2.26. The average Bonchev–Trinajstić information content (AvgIpc) is 2.75. The van der Waals surface area contributed by atoms with Crippen LogP contribution in [0.5, 0.6) is 0 Å². The molecule has 1 amide bonds. The molecular weight excluding hydrogens is 298 g/mol. The van der Waals surface area contributed by atoms with Crippen LogP contribution in [-0.4, -0.2) is 30.9 Å². The third-order valence-corrected chi connectivity index (χ3v) is 2.76. The summed E-state index contributed by atoms with van der Waals surface area (Å²) in [5.74, 6) is 0.591. The van der Waals surface area contributed by atoms with Crippen LogP contribution in [-0.2, 0) is 4.79 Å². The normalized spacial score (nSPS) is 12.2. The molecule has 0 saturated carbocycles. The van der Waals surface area contributed by atoms with E-state index >= 15 is 0 Å². The van der Waals surface area contributed by atoms with Crippen molar-refractivity contribution in [3.63, 3.8) is 0 Å². The molecule has 0 aliphatic rings. The predicted octanol–water partition coefficient (Wildman–Crippen LogP) is 1.69. The van der Waals surface area contributed by atoms with Crippen LogP contribution < -0.4 is 5.32 Å². The third kappa shape index (κ3) is 2.73. The summed E-state index contributed by atoms with van der Waals surface area (Å²) in [6, 6.07) is 7.34. The molecule has 1 aromatic heterocycles. The fraction of sp³-hybridized carbons (Fsp3) is 0.273. The van der Waals surface area contributed by atoms with Crippen molar-refractivity contribution in [2.75, 3.05) is 5.32 Å². The molecule has 1 atom stereocenters. The van der Waals surface area contributed by atoms with Gasteiger partial charge in [0.1, 0.15) is 0 Å². The lowest BCUT2D eigenvalue weighted by Gasteiger charge is -2.08. The van der Waals surface area contributed by atoms with Gasteiger partial charge in [0.05, 0.1) is 10.5 Å². The molecule has 6 nitrogen and oxygen atoms in total. The van der Waals surface area contributed by atoms with Gasteiger partial charge in [-0.1, -0.05) is 22.0 Å². The number of tetrazole rings is 1. The molecule has 0 bridgehead atoms. The van der Waals surface area contributed by atoms with E-state index in [-0.39, 0.29) is 10.7 Å². The Labute approximate surface area is 113 Å². The highest BCUT2D eigenvalue weighted by Crippen LogP contribution is 2.15. The number of rotatable bonds is 3. The van der Waals surface area contributed by atoms with Gasteiger partial charge < -0.3 is 5.32 Å². The second-order valence-corrected chi connectivity index (χ2v) is 5.17. The minimum atomic E-state index is -0.240. The van der Waals surface area contributed by atoms with Crippen LogP contribution in [0.15, 0.2) is 24.3 Å². The van der Waals surface area contributed by atoms with E-state index in [2.05, 4.69) is 36.8 Å². The van der Waals surface area contributed by atoms with Gasteiger partial charge in [-0.25, -0.2) is 0 Å². The number of carbonyl (C=O) groups excluding carboxylic acids is 1. The number of hydrogen-bond donors (Lipinski definition) is 1. The SMILES string of the molecule is Cc1nnnn1-c1cccc(NC(=O)C(C)Br)c1. The topological polar surface area (TPSA) is 72.7 Å². The van der Waals surface area contributed by atoms with E-state index in [0.29, 0.717) is 11.5 Å². The first-order valence-corrected chi connectivity index (χ1v) is 6.30. The molecule has 0 fully saturated rings. The van der Waals surface area contributed by atoms with Gasteiger partial charge >= 0.3 is 0 Å². The van der Waals surface area contributed by atoms with Crippen molar-refractivity contribution in [1.29, 1.82) is 0 Å². The van der Waals surface area contributed by atoms with Crippen LogP contribution in [0.2, 0.25) is 0 Å². The van der Waals surface area contributed by atoms with E-state index in [4.69, 9.17) is 0 Å². The molecule has 0 aliphatic heterocycles. The molecule has 2 aromatic rings. The summed E-state index contributed by atoms with van der Waals surface area (Å²) in [5, 5.41) is 14.1. The van der Waals surface area contributed by atoms with Gasteiger partial charge in [0.15, 0.2) is 5.82 Å². The first kappa shape index (κ1) is 12.7. The molecule has 7 heteroatoms. The Morgan fingerprint density at radius 1 is 1.50 bits per heavy atom. The van der Waals surface area contributed by atoms with E-state index in [0.717, 1.165) is 5.69 Å². The molecule has 1 N–H and O–H groups in total. The van der Waals surface area contributed by atoms with Crippen molar-refractivity contribution in [2.24, 2.45) is 0 Å². The molecule has 0 aliphatic carbocycles. The van der Waals surface area contributed by atoms with E-state index in [1.165, 1.54) is 0 Å². The zero-order valence-electron chi connectivity index (χ0n) is 9.96. The third-order valence-electron chi connectivity index (χ3n) is 2.34. The smallest absolute Gasteiger partial charge is 0.237 e. The molecule has 2 rings (SSSR count). The summed E-state index contributed by atoms with van der Waals surface area (Å²) in [5.41, 5.74) is 1.51. The van der Waals surface area contributed by atoms with Gasteiger partial charge in [0, 0.05) is 5.69 Å². The Hall–Kier alpha value is -1.76. The summed E-state index contributed by atoms with van der Waals surface area (Å²) in [7, 11) is 0. The van der Waals surface area contributed by atoms with Crippen LogP contribution in [0, 0.1) is 6.92 Å². The van der Waals surface area contributed by atoms with Crippen LogP contribution in [0.1, 0.15) is 12.7 Å². The fourth-order valence-electron chi connectivity index (χ4n) is 1.43. The molecule has 0 radical (unpaired) electrons. The molecular formula is C11H12BrN5O. The predicted molar refractivity (Wildman–Crippen MR) is 70.9 cm³/mol. The quantitative estimate of drug-likeness (QED) is 0.876. The molecule has 0 spiro atoms. The van der Waals surface area contributed by atoms with Crippen LogP contribution in [0.3, 0.4) is 0 Å². The van der Waals surface area contributed by atoms with Crippen LogP contribution in [0.25, 0.3) is 5.69 Å². The zero-order chi connectivity index (χ0) is 13.1. The second-order valence-electron chi connectivity index (χ2n) is 3.79. The van der Waals surface area contributed by atoms with Crippen molar-refractivity contribution in [1.82, 2.24) is 20.2 Å². The van der Waals surface area contributed by atoms with Gasteiger partial charge in [0.2, 0.25) is 5.91 Å². The highest BCUT2D eigenvalue weighted by atomic mass is 79.9. The minimum absolute atomic E-state index is 0.0967. The summed E-state index contributed by atoms with van der Waals surface area (Å²) in [4.78, 5) is 11.3. The number of aromatic nitrogens is 4. The first-order valence-electron chi connectivity index (χ1n) is 5.38.